The second-order valence-corrected chi connectivity index (χ2v) is 5.61. The summed E-state index contributed by atoms with van der Waals surface area (Å²) in [6.45, 7) is 1.93. The maximum Gasteiger partial charge on any atom is 0.260 e. The lowest BCUT2D eigenvalue weighted by Gasteiger charge is -1.99. The topological polar surface area (TPSA) is 74.8 Å². The van der Waals surface area contributed by atoms with Gasteiger partial charge in [-0.1, -0.05) is 11.8 Å². The standard InChI is InChI=1S/C10H11N3O2S2/c1-5-3-6-8(15)12-10(13-9(6)17-5)16-4-7(14)11-2/h3H,4H2,1-2H3,(H,11,14)(H,12,13,15). The number of carbonyl (C=O) groups is 1. The largest absolute Gasteiger partial charge is 0.358 e. The molecule has 0 unspecified atom stereocenters. The Kier molecular flexibility index (Phi) is 3.49. The summed E-state index contributed by atoms with van der Waals surface area (Å²) in [5, 5.41) is 3.60. The first-order chi connectivity index (χ1) is 8.10. The van der Waals surface area contributed by atoms with Crippen molar-refractivity contribution in [3.05, 3.63) is 21.3 Å². The van der Waals surface area contributed by atoms with E-state index in [4.69, 9.17) is 0 Å². The van der Waals surface area contributed by atoms with E-state index in [0.29, 0.717) is 15.4 Å². The van der Waals surface area contributed by atoms with Gasteiger partial charge in [0.25, 0.3) is 5.56 Å². The van der Waals surface area contributed by atoms with Gasteiger partial charge < -0.3 is 10.3 Å². The normalized spacial score (nSPS) is 10.7. The van der Waals surface area contributed by atoms with Gasteiger partial charge in [0.15, 0.2) is 5.16 Å². The van der Waals surface area contributed by atoms with Crippen LogP contribution in [0.25, 0.3) is 10.2 Å². The van der Waals surface area contributed by atoms with Crippen LogP contribution in [0, 0.1) is 6.92 Å². The number of carbonyl (C=O) groups excluding carboxylic acids is 1. The molecule has 5 nitrogen and oxygen atoms in total. The van der Waals surface area contributed by atoms with Crippen LogP contribution in [0.3, 0.4) is 0 Å². The lowest BCUT2D eigenvalue weighted by atomic mass is 10.4. The first-order valence-electron chi connectivity index (χ1n) is 4.94. The zero-order chi connectivity index (χ0) is 12.4. The highest BCUT2D eigenvalue weighted by Crippen LogP contribution is 2.22. The van der Waals surface area contributed by atoms with Crippen LogP contribution in [0.1, 0.15) is 4.88 Å². The van der Waals surface area contributed by atoms with Crippen LogP contribution < -0.4 is 10.9 Å². The van der Waals surface area contributed by atoms with Crippen LogP contribution in [-0.4, -0.2) is 28.7 Å². The molecule has 17 heavy (non-hydrogen) atoms. The Hall–Kier alpha value is -1.34. The fourth-order valence-electron chi connectivity index (χ4n) is 1.31. The zero-order valence-corrected chi connectivity index (χ0v) is 11.0. The molecule has 2 aromatic rings. The number of amides is 1. The molecule has 2 rings (SSSR count). The molecular weight excluding hydrogens is 258 g/mol. The van der Waals surface area contributed by atoms with Crippen LogP contribution in [0.15, 0.2) is 16.0 Å². The van der Waals surface area contributed by atoms with Crippen molar-refractivity contribution in [3.63, 3.8) is 0 Å². The van der Waals surface area contributed by atoms with Crippen molar-refractivity contribution in [2.24, 2.45) is 0 Å². The number of aromatic amines is 1. The molecule has 0 radical (unpaired) electrons. The predicted octanol–water partition coefficient (Wildman–Crippen LogP) is 1.13. The minimum absolute atomic E-state index is 0.0971. The Balaban J connectivity index is 2.30. The maximum atomic E-state index is 11.7. The highest BCUT2D eigenvalue weighted by molar-refractivity contribution is 7.99. The molecule has 2 N–H and O–H groups in total. The number of aromatic nitrogens is 2. The number of rotatable bonds is 3. The molecule has 0 spiro atoms. The quantitative estimate of drug-likeness (QED) is 0.647. The summed E-state index contributed by atoms with van der Waals surface area (Å²) in [5.41, 5.74) is -0.154. The molecule has 2 heterocycles. The van der Waals surface area contributed by atoms with E-state index in [-0.39, 0.29) is 17.2 Å². The van der Waals surface area contributed by atoms with Gasteiger partial charge in [0.05, 0.1) is 11.1 Å². The van der Waals surface area contributed by atoms with Crippen LogP contribution in [0.4, 0.5) is 0 Å². The van der Waals surface area contributed by atoms with Crippen LogP contribution in [0.2, 0.25) is 0 Å². The van der Waals surface area contributed by atoms with E-state index < -0.39 is 0 Å². The molecule has 7 heteroatoms. The molecular formula is C10H11N3O2S2. The fraction of sp³-hybridized carbons (Fsp3) is 0.300. The Morgan fingerprint density at radius 1 is 1.65 bits per heavy atom. The van der Waals surface area contributed by atoms with E-state index in [1.165, 1.54) is 23.1 Å². The van der Waals surface area contributed by atoms with Gasteiger partial charge in [-0.15, -0.1) is 11.3 Å². The number of thiophene rings is 1. The second kappa shape index (κ2) is 4.89. The number of nitrogens with zero attached hydrogens (tertiary/aromatic N) is 1. The summed E-state index contributed by atoms with van der Waals surface area (Å²) in [6.07, 6.45) is 0. The van der Waals surface area contributed by atoms with Gasteiger partial charge in [-0.25, -0.2) is 4.98 Å². The lowest BCUT2D eigenvalue weighted by Crippen LogP contribution is -2.20. The van der Waals surface area contributed by atoms with Gasteiger partial charge >= 0.3 is 0 Å². The summed E-state index contributed by atoms with van der Waals surface area (Å²) in [7, 11) is 1.57. The number of fused-ring (bicyclic) bond motifs is 1. The summed E-state index contributed by atoms with van der Waals surface area (Å²) < 4.78 is 0. The Labute approximate surface area is 106 Å². The first-order valence-corrected chi connectivity index (χ1v) is 6.74. The molecule has 0 fully saturated rings. The van der Waals surface area contributed by atoms with E-state index in [1.54, 1.807) is 7.05 Å². The highest BCUT2D eigenvalue weighted by Gasteiger charge is 2.08. The zero-order valence-electron chi connectivity index (χ0n) is 9.36. The van der Waals surface area contributed by atoms with E-state index >= 15 is 0 Å². The summed E-state index contributed by atoms with van der Waals surface area (Å²) in [6, 6.07) is 1.82. The molecule has 0 bridgehead atoms. The summed E-state index contributed by atoms with van der Waals surface area (Å²) in [5.74, 6) is 0.148. The van der Waals surface area contributed by atoms with Gasteiger partial charge in [0, 0.05) is 11.9 Å². The Morgan fingerprint density at radius 2 is 2.41 bits per heavy atom. The van der Waals surface area contributed by atoms with Crippen molar-refractivity contribution in [3.8, 4) is 0 Å². The molecule has 0 atom stereocenters. The van der Waals surface area contributed by atoms with Crippen molar-refractivity contribution >= 4 is 39.2 Å². The number of hydrogen-bond donors (Lipinski definition) is 2. The average molecular weight is 269 g/mol. The molecule has 0 aliphatic carbocycles. The van der Waals surface area contributed by atoms with Gasteiger partial charge in [-0.2, -0.15) is 0 Å². The number of aryl methyl sites for hydroxylation is 1. The Morgan fingerprint density at radius 3 is 3.12 bits per heavy atom. The molecule has 0 saturated carbocycles. The molecule has 0 aliphatic heterocycles. The van der Waals surface area contributed by atoms with Crippen molar-refractivity contribution in [1.29, 1.82) is 0 Å². The molecule has 0 saturated heterocycles. The average Bonchev–Trinajstić information content (AvgIpc) is 2.67. The SMILES string of the molecule is CNC(=O)CSc1nc2sc(C)cc2c(=O)[nH]1. The molecule has 90 valence electrons. The lowest BCUT2D eigenvalue weighted by molar-refractivity contribution is -0.118. The maximum absolute atomic E-state index is 11.7. The Bertz CT molecular complexity index is 618. The molecule has 0 aliphatic rings. The van der Waals surface area contributed by atoms with Crippen LogP contribution >= 0.6 is 23.1 Å². The number of H-pyrrole nitrogens is 1. The second-order valence-electron chi connectivity index (χ2n) is 3.41. The predicted molar refractivity (Wildman–Crippen MR) is 69.8 cm³/mol. The summed E-state index contributed by atoms with van der Waals surface area (Å²) >= 11 is 2.69. The van der Waals surface area contributed by atoms with E-state index in [1.807, 2.05) is 13.0 Å². The van der Waals surface area contributed by atoms with Gasteiger partial charge in [-0.3, -0.25) is 9.59 Å². The number of hydrogen-bond acceptors (Lipinski definition) is 5. The van der Waals surface area contributed by atoms with Crippen LogP contribution in [-0.2, 0) is 4.79 Å². The van der Waals surface area contributed by atoms with E-state index in [0.717, 1.165) is 4.88 Å². The third-order valence-electron chi connectivity index (χ3n) is 2.12. The van der Waals surface area contributed by atoms with Gasteiger partial charge in [0.1, 0.15) is 4.83 Å². The first kappa shape index (κ1) is 12.1. The summed E-state index contributed by atoms with van der Waals surface area (Å²) in [4.78, 5) is 31.5. The minimum Gasteiger partial charge on any atom is -0.358 e. The monoisotopic (exact) mass is 269 g/mol. The number of thioether (sulfide) groups is 1. The van der Waals surface area contributed by atoms with Crippen molar-refractivity contribution < 1.29 is 4.79 Å². The van der Waals surface area contributed by atoms with Crippen molar-refractivity contribution in [1.82, 2.24) is 15.3 Å². The number of nitrogens with one attached hydrogen (secondary N) is 2. The van der Waals surface area contributed by atoms with Crippen LogP contribution in [0.5, 0.6) is 0 Å². The third kappa shape index (κ3) is 2.67. The van der Waals surface area contributed by atoms with E-state index in [9.17, 15) is 9.59 Å². The molecule has 0 aromatic carbocycles. The third-order valence-corrected chi connectivity index (χ3v) is 3.94. The minimum atomic E-state index is -0.154. The van der Waals surface area contributed by atoms with Gasteiger partial charge in [0.2, 0.25) is 5.91 Å². The van der Waals surface area contributed by atoms with Crippen molar-refractivity contribution in [2.45, 2.75) is 12.1 Å². The van der Waals surface area contributed by atoms with Gasteiger partial charge in [-0.05, 0) is 13.0 Å². The van der Waals surface area contributed by atoms with E-state index in [2.05, 4.69) is 15.3 Å². The molecule has 1 amide bonds. The fourth-order valence-corrected chi connectivity index (χ4v) is 2.98. The molecule has 2 aromatic heterocycles. The highest BCUT2D eigenvalue weighted by atomic mass is 32.2. The van der Waals surface area contributed by atoms with Crippen molar-refractivity contribution in [2.75, 3.05) is 12.8 Å². The smallest absolute Gasteiger partial charge is 0.260 e.